The second-order valence-electron chi connectivity index (χ2n) is 6.11. The van der Waals surface area contributed by atoms with Crippen LogP contribution < -0.4 is 5.32 Å². The summed E-state index contributed by atoms with van der Waals surface area (Å²) in [4.78, 5) is 26.2. The maximum atomic E-state index is 12.9. The molecule has 1 aliphatic rings. The Morgan fingerprint density at radius 1 is 1.16 bits per heavy atom. The van der Waals surface area contributed by atoms with Gasteiger partial charge in [0, 0.05) is 30.2 Å². The van der Waals surface area contributed by atoms with Crippen molar-refractivity contribution in [3.63, 3.8) is 0 Å². The lowest BCUT2D eigenvalue weighted by atomic mass is 10.1. The smallest absolute Gasteiger partial charge is 0.229 e. The summed E-state index contributed by atoms with van der Waals surface area (Å²) in [5.74, 6) is -0.979. The van der Waals surface area contributed by atoms with E-state index in [1.165, 1.54) is 24.3 Å². The molecule has 1 N–H and O–H groups in total. The second kappa shape index (κ2) is 7.66. The van der Waals surface area contributed by atoms with Crippen LogP contribution in [0.25, 0.3) is 0 Å². The summed E-state index contributed by atoms with van der Waals surface area (Å²) in [6.07, 6.45) is 0.919. The predicted molar refractivity (Wildman–Crippen MR) is 94.9 cm³/mol. The number of benzene rings is 2. The van der Waals surface area contributed by atoms with Crippen LogP contribution in [0, 0.1) is 11.7 Å². The molecule has 0 bridgehead atoms. The van der Waals surface area contributed by atoms with Gasteiger partial charge in [-0.25, -0.2) is 4.39 Å². The van der Waals surface area contributed by atoms with Crippen molar-refractivity contribution in [2.75, 3.05) is 18.4 Å². The fourth-order valence-electron chi connectivity index (χ4n) is 2.86. The van der Waals surface area contributed by atoms with Gasteiger partial charge in [-0.3, -0.25) is 9.59 Å². The van der Waals surface area contributed by atoms with Crippen LogP contribution >= 0.6 is 11.6 Å². The molecule has 0 radical (unpaired) electrons. The number of hydrogen-bond acceptors (Lipinski definition) is 2. The Labute approximate surface area is 150 Å². The van der Waals surface area contributed by atoms with Gasteiger partial charge in [0.15, 0.2) is 0 Å². The third kappa shape index (κ3) is 4.57. The van der Waals surface area contributed by atoms with Crippen LogP contribution in [0.15, 0.2) is 48.5 Å². The number of hydrogen-bond donors (Lipinski definition) is 1. The van der Waals surface area contributed by atoms with Gasteiger partial charge in [0.2, 0.25) is 11.8 Å². The topological polar surface area (TPSA) is 49.4 Å². The number of nitrogens with zero attached hydrogens (tertiary/aromatic N) is 1. The highest BCUT2D eigenvalue weighted by atomic mass is 35.5. The third-order valence-electron chi connectivity index (χ3n) is 4.28. The van der Waals surface area contributed by atoms with E-state index in [1.807, 2.05) is 24.3 Å². The molecule has 0 saturated carbocycles. The Morgan fingerprint density at radius 2 is 1.84 bits per heavy atom. The minimum absolute atomic E-state index is 0.0202. The van der Waals surface area contributed by atoms with Crippen LogP contribution in [-0.4, -0.2) is 29.8 Å². The van der Waals surface area contributed by atoms with Crippen LogP contribution in [-0.2, 0) is 16.0 Å². The quantitative estimate of drug-likeness (QED) is 0.887. The van der Waals surface area contributed by atoms with Gasteiger partial charge in [-0.2, -0.15) is 0 Å². The second-order valence-corrected chi connectivity index (χ2v) is 6.55. The van der Waals surface area contributed by atoms with Crippen LogP contribution in [0.4, 0.5) is 10.1 Å². The maximum absolute atomic E-state index is 12.9. The molecule has 0 spiro atoms. The third-order valence-corrected chi connectivity index (χ3v) is 4.53. The fraction of sp³-hybridized carbons (Fsp3) is 0.263. The molecule has 1 atom stereocenters. The van der Waals surface area contributed by atoms with E-state index in [4.69, 9.17) is 11.6 Å². The highest BCUT2D eigenvalue weighted by Gasteiger charge is 2.33. The standard InChI is InChI=1S/C19H18ClFN2O2/c20-15-3-1-13(2-4-15)9-10-23-12-14(11-18(23)24)19(25)22-17-7-5-16(21)6-8-17/h1-8,14H,9-12H2,(H,22,25). The summed E-state index contributed by atoms with van der Waals surface area (Å²) >= 11 is 5.86. The van der Waals surface area contributed by atoms with Gasteiger partial charge in [-0.1, -0.05) is 23.7 Å². The summed E-state index contributed by atoms with van der Waals surface area (Å²) in [6.45, 7) is 0.972. The first kappa shape index (κ1) is 17.4. The van der Waals surface area contributed by atoms with Crippen LogP contribution in [0.5, 0.6) is 0 Å². The van der Waals surface area contributed by atoms with Crippen molar-refractivity contribution < 1.29 is 14.0 Å². The van der Waals surface area contributed by atoms with Gasteiger partial charge in [0.05, 0.1) is 5.92 Å². The van der Waals surface area contributed by atoms with Crippen molar-refractivity contribution in [3.8, 4) is 0 Å². The molecule has 0 aliphatic carbocycles. The predicted octanol–water partition coefficient (Wildman–Crippen LogP) is 3.51. The SMILES string of the molecule is O=C(Nc1ccc(F)cc1)C1CC(=O)N(CCc2ccc(Cl)cc2)C1. The van der Waals surface area contributed by atoms with Gasteiger partial charge in [-0.15, -0.1) is 0 Å². The first-order valence-electron chi connectivity index (χ1n) is 8.10. The number of nitrogens with one attached hydrogen (secondary N) is 1. The van der Waals surface area contributed by atoms with E-state index in [1.54, 1.807) is 4.90 Å². The zero-order valence-corrected chi connectivity index (χ0v) is 14.3. The van der Waals surface area contributed by atoms with E-state index >= 15 is 0 Å². The lowest BCUT2D eigenvalue weighted by Gasteiger charge is -2.16. The Morgan fingerprint density at radius 3 is 2.52 bits per heavy atom. The molecule has 25 heavy (non-hydrogen) atoms. The number of anilines is 1. The van der Waals surface area contributed by atoms with E-state index in [-0.39, 0.29) is 30.0 Å². The van der Waals surface area contributed by atoms with E-state index in [9.17, 15) is 14.0 Å². The molecule has 1 aliphatic heterocycles. The highest BCUT2D eigenvalue weighted by Crippen LogP contribution is 2.21. The molecule has 3 rings (SSSR count). The number of carbonyl (C=O) groups excluding carboxylic acids is 2. The molecule has 6 heteroatoms. The van der Waals surface area contributed by atoms with Gasteiger partial charge < -0.3 is 10.2 Å². The summed E-state index contributed by atoms with van der Waals surface area (Å²) < 4.78 is 12.9. The molecule has 2 amide bonds. The van der Waals surface area contributed by atoms with Gasteiger partial charge in [0.25, 0.3) is 0 Å². The van der Waals surface area contributed by atoms with Crippen molar-refractivity contribution in [2.45, 2.75) is 12.8 Å². The van der Waals surface area contributed by atoms with Crippen molar-refractivity contribution in [3.05, 3.63) is 64.9 Å². The normalized spacial score (nSPS) is 17.0. The number of likely N-dealkylation sites (tertiary alicyclic amines) is 1. The first-order chi connectivity index (χ1) is 12.0. The highest BCUT2D eigenvalue weighted by molar-refractivity contribution is 6.30. The average Bonchev–Trinajstić information content (AvgIpc) is 2.97. The van der Waals surface area contributed by atoms with Crippen molar-refractivity contribution >= 4 is 29.1 Å². The molecule has 1 fully saturated rings. The zero-order chi connectivity index (χ0) is 17.8. The molecule has 1 heterocycles. The van der Waals surface area contributed by atoms with Gasteiger partial charge in [0.1, 0.15) is 5.82 Å². The lowest BCUT2D eigenvalue weighted by Crippen LogP contribution is -2.30. The number of rotatable bonds is 5. The molecule has 4 nitrogen and oxygen atoms in total. The molecular formula is C19H18ClFN2O2. The van der Waals surface area contributed by atoms with Gasteiger partial charge >= 0.3 is 0 Å². The lowest BCUT2D eigenvalue weighted by molar-refractivity contribution is -0.128. The van der Waals surface area contributed by atoms with E-state index in [2.05, 4.69) is 5.32 Å². The van der Waals surface area contributed by atoms with Gasteiger partial charge in [-0.05, 0) is 48.4 Å². The summed E-state index contributed by atoms with van der Waals surface area (Å²) in [6, 6.07) is 13.1. The summed E-state index contributed by atoms with van der Waals surface area (Å²) in [7, 11) is 0. The number of carbonyl (C=O) groups is 2. The molecule has 2 aromatic rings. The van der Waals surface area contributed by atoms with Crippen LogP contribution in [0.3, 0.4) is 0 Å². The Kier molecular flexibility index (Phi) is 5.34. The monoisotopic (exact) mass is 360 g/mol. The molecule has 0 aromatic heterocycles. The van der Waals surface area contributed by atoms with E-state index in [0.29, 0.717) is 23.8 Å². The zero-order valence-electron chi connectivity index (χ0n) is 13.5. The minimum atomic E-state index is -0.386. The number of halogens is 2. The molecule has 130 valence electrons. The van der Waals surface area contributed by atoms with Crippen LogP contribution in [0.1, 0.15) is 12.0 Å². The number of amides is 2. The van der Waals surface area contributed by atoms with E-state index in [0.717, 1.165) is 12.0 Å². The van der Waals surface area contributed by atoms with Crippen molar-refractivity contribution in [1.29, 1.82) is 0 Å². The Hall–Kier alpha value is -2.40. The van der Waals surface area contributed by atoms with E-state index < -0.39 is 0 Å². The Balaban J connectivity index is 1.53. The molecule has 1 saturated heterocycles. The molecular weight excluding hydrogens is 343 g/mol. The maximum Gasteiger partial charge on any atom is 0.229 e. The average molecular weight is 361 g/mol. The van der Waals surface area contributed by atoms with Crippen molar-refractivity contribution in [1.82, 2.24) is 4.90 Å². The van der Waals surface area contributed by atoms with Crippen LogP contribution in [0.2, 0.25) is 5.02 Å². The minimum Gasteiger partial charge on any atom is -0.342 e. The molecule has 2 aromatic carbocycles. The summed E-state index contributed by atoms with van der Waals surface area (Å²) in [5.41, 5.74) is 1.62. The largest absolute Gasteiger partial charge is 0.342 e. The first-order valence-corrected chi connectivity index (χ1v) is 8.48. The van der Waals surface area contributed by atoms with Crippen molar-refractivity contribution in [2.24, 2.45) is 5.92 Å². The molecule has 1 unspecified atom stereocenters. The Bertz CT molecular complexity index is 762. The fourth-order valence-corrected chi connectivity index (χ4v) is 2.98. The summed E-state index contributed by atoms with van der Waals surface area (Å²) in [5, 5.41) is 3.41.